The molecule has 0 unspecified atom stereocenters. The quantitative estimate of drug-likeness (QED) is 0.514. The minimum absolute atomic E-state index is 0.755. The van der Waals surface area contributed by atoms with Crippen LogP contribution in [-0.2, 0) is 0 Å². The van der Waals surface area contributed by atoms with Crippen molar-refractivity contribution in [1.29, 1.82) is 0 Å². The zero-order chi connectivity index (χ0) is 6.81. The van der Waals surface area contributed by atoms with Crippen LogP contribution in [0.1, 0.15) is 5.56 Å². The van der Waals surface area contributed by atoms with Crippen LogP contribution in [0.5, 0.6) is 0 Å². The number of fused-ring (bicyclic) bond motifs is 1. The second-order valence-electron chi connectivity index (χ2n) is 1.82. The molecule has 50 valence electrons. The highest BCUT2D eigenvalue weighted by atomic mass is 15.6. The van der Waals surface area contributed by atoms with E-state index in [-0.39, 0.29) is 0 Å². The molecule has 0 spiro atoms. The van der Waals surface area contributed by atoms with Gasteiger partial charge in [-0.05, 0) is 0 Å². The van der Waals surface area contributed by atoms with Gasteiger partial charge in [0.1, 0.15) is 6.33 Å². The number of aromatic nitrogens is 2. The van der Waals surface area contributed by atoms with Crippen LogP contribution in [-0.4, -0.2) is 16.2 Å². The molecule has 10 heavy (non-hydrogen) atoms. The number of anilines is 1. The fourth-order valence-corrected chi connectivity index (χ4v) is 0.726. The molecule has 5 nitrogen and oxygen atoms in total. The maximum absolute atomic E-state index is 3.94. The molecule has 2 rings (SSSR count). The summed E-state index contributed by atoms with van der Waals surface area (Å²) in [6.45, 7) is 0. The van der Waals surface area contributed by atoms with E-state index in [2.05, 4.69) is 26.0 Å². The third-order valence-electron chi connectivity index (χ3n) is 1.18. The van der Waals surface area contributed by atoms with Crippen molar-refractivity contribution in [2.24, 2.45) is 5.10 Å². The van der Waals surface area contributed by atoms with E-state index in [1.807, 2.05) is 0 Å². The van der Waals surface area contributed by atoms with Gasteiger partial charge in [-0.15, -0.1) is 0 Å². The summed E-state index contributed by atoms with van der Waals surface area (Å²) < 4.78 is 0. The monoisotopic (exact) mass is 135 g/mol. The van der Waals surface area contributed by atoms with E-state index in [1.54, 1.807) is 12.4 Å². The highest BCUT2D eigenvalue weighted by Gasteiger charge is 2.02. The lowest BCUT2D eigenvalue weighted by Gasteiger charge is -2.09. The lowest BCUT2D eigenvalue weighted by Crippen LogP contribution is -2.21. The Morgan fingerprint density at radius 2 is 2.40 bits per heavy atom. The molecule has 1 aliphatic rings. The van der Waals surface area contributed by atoms with Crippen LogP contribution >= 0.6 is 0 Å². The number of nitrogens with zero attached hydrogens (tertiary/aromatic N) is 3. The van der Waals surface area contributed by atoms with Crippen molar-refractivity contribution in [2.45, 2.75) is 0 Å². The lowest BCUT2D eigenvalue weighted by atomic mass is 10.3. The number of hydrogen-bond acceptors (Lipinski definition) is 5. The first-order valence-corrected chi connectivity index (χ1v) is 2.81. The second kappa shape index (κ2) is 1.94. The molecule has 1 aromatic rings. The Kier molecular flexibility index (Phi) is 1.00. The molecule has 2 heterocycles. The Hall–Kier alpha value is -1.65. The van der Waals surface area contributed by atoms with E-state index in [1.165, 1.54) is 6.33 Å². The average molecular weight is 135 g/mol. The molecule has 0 fully saturated rings. The average Bonchev–Trinajstić information content (AvgIpc) is 2.05. The van der Waals surface area contributed by atoms with Crippen molar-refractivity contribution in [3.63, 3.8) is 0 Å². The van der Waals surface area contributed by atoms with Crippen molar-refractivity contribution in [3.8, 4) is 0 Å². The molecule has 0 atom stereocenters. The summed E-state index contributed by atoms with van der Waals surface area (Å²) in [5.74, 6) is 0.755. The Balaban J connectivity index is 2.54. The van der Waals surface area contributed by atoms with E-state index in [9.17, 15) is 0 Å². The molecule has 5 heteroatoms. The van der Waals surface area contributed by atoms with Gasteiger partial charge in [-0.25, -0.2) is 15.5 Å². The third kappa shape index (κ3) is 0.680. The summed E-state index contributed by atoms with van der Waals surface area (Å²) >= 11 is 0. The van der Waals surface area contributed by atoms with Gasteiger partial charge in [0.2, 0.25) is 0 Å². The minimum Gasteiger partial charge on any atom is -0.268 e. The van der Waals surface area contributed by atoms with E-state index >= 15 is 0 Å². The molecule has 0 bridgehead atoms. The molecular formula is C5H5N5. The van der Waals surface area contributed by atoms with Gasteiger partial charge in [0, 0.05) is 6.20 Å². The van der Waals surface area contributed by atoms with Crippen molar-refractivity contribution in [2.75, 3.05) is 5.43 Å². The Bertz CT molecular complexity index is 268. The van der Waals surface area contributed by atoms with E-state index < -0.39 is 0 Å². The van der Waals surface area contributed by atoms with E-state index in [0.717, 1.165) is 11.4 Å². The molecule has 0 aromatic carbocycles. The fourth-order valence-electron chi connectivity index (χ4n) is 0.726. The molecule has 0 saturated heterocycles. The van der Waals surface area contributed by atoms with Gasteiger partial charge in [0.15, 0.2) is 5.82 Å². The molecule has 0 aliphatic carbocycles. The molecular weight excluding hydrogens is 130 g/mol. The van der Waals surface area contributed by atoms with Crippen LogP contribution in [0.3, 0.4) is 0 Å². The Labute approximate surface area is 57.2 Å². The van der Waals surface area contributed by atoms with Crippen LogP contribution < -0.4 is 11.0 Å². The smallest absolute Gasteiger partial charge is 0.157 e. The van der Waals surface area contributed by atoms with Gasteiger partial charge < -0.3 is 0 Å². The predicted octanol–water partition coefficient (Wildman–Crippen LogP) is -0.259. The van der Waals surface area contributed by atoms with Crippen LogP contribution in [0.15, 0.2) is 17.6 Å². The lowest BCUT2D eigenvalue weighted by molar-refractivity contribution is 0.855. The van der Waals surface area contributed by atoms with Crippen LogP contribution in [0.25, 0.3) is 0 Å². The SMILES string of the molecule is C1=NNNc2ncncc21. The first-order valence-electron chi connectivity index (χ1n) is 2.81. The topological polar surface area (TPSA) is 62.2 Å². The third-order valence-corrected chi connectivity index (χ3v) is 1.18. The highest BCUT2D eigenvalue weighted by Crippen LogP contribution is 2.07. The van der Waals surface area contributed by atoms with Crippen LogP contribution in [0, 0.1) is 0 Å². The van der Waals surface area contributed by atoms with Crippen LogP contribution in [0.2, 0.25) is 0 Å². The van der Waals surface area contributed by atoms with Gasteiger partial charge in [-0.3, -0.25) is 5.43 Å². The second-order valence-corrected chi connectivity index (χ2v) is 1.82. The van der Waals surface area contributed by atoms with Gasteiger partial charge in [0.05, 0.1) is 11.8 Å². The number of hydrazine groups is 1. The molecule has 1 aliphatic heterocycles. The Morgan fingerprint density at radius 3 is 3.30 bits per heavy atom. The zero-order valence-corrected chi connectivity index (χ0v) is 5.07. The molecule has 0 amide bonds. The molecule has 2 N–H and O–H groups in total. The van der Waals surface area contributed by atoms with Crippen molar-refractivity contribution < 1.29 is 0 Å². The first-order chi connectivity index (χ1) is 4.97. The number of hydrogen-bond donors (Lipinski definition) is 2. The van der Waals surface area contributed by atoms with E-state index in [4.69, 9.17) is 0 Å². The van der Waals surface area contributed by atoms with Crippen molar-refractivity contribution >= 4 is 12.0 Å². The minimum atomic E-state index is 0.755. The summed E-state index contributed by atoms with van der Waals surface area (Å²) in [6.07, 6.45) is 4.83. The molecule has 0 saturated carbocycles. The number of rotatable bonds is 0. The maximum Gasteiger partial charge on any atom is 0.157 e. The first kappa shape index (κ1) is 5.16. The summed E-state index contributed by atoms with van der Waals surface area (Å²) in [5, 5.41) is 3.75. The highest BCUT2D eigenvalue weighted by molar-refractivity contribution is 5.86. The van der Waals surface area contributed by atoms with Gasteiger partial charge in [-0.2, -0.15) is 5.10 Å². The largest absolute Gasteiger partial charge is 0.268 e. The van der Waals surface area contributed by atoms with Gasteiger partial charge in [0.25, 0.3) is 0 Å². The molecule has 1 aromatic heterocycles. The summed E-state index contributed by atoms with van der Waals surface area (Å²) in [5.41, 5.74) is 6.22. The summed E-state index contributed by atoms with van der Waals surface area (Å²) in [4.78, 5) is 7.77. The van der Waals surface area contributed by atoms with Crippen molar-refractivity contribution in [1.82, 2.24) is 15.5 Å². The predicted molar refractivity (Wildman–Crippen MR) is 36.4 cm³/mol. The van der Waals surface area contributed by atoms with Crippen LogP contribution in [0.4, 0.5) is 5.82 Å². The summed E-state index contributed by atoms with van der Waals surface area (Å²) in [7, 11) is 0. The molecule has 0 radical (unpaired) electrons. The van der Waals surface area contributed by atoms with Gasteiger partial charge in [-0.1, -0.05) is 0 Å². The van der Waals surface area contributed by atoms with Crippen molar-refractivity contribution in [3.05, 3.63) is 18.1 Å². The van der Waals surface area contributed by atoms with Gasteiger partial charge >= 0.3 is 0 Å². The normalized spacial score (nSPS) is 13.2. The zero-order valence-electron chi connectivity index (χ0n) is 5.07. The van der Waals surface area contributed by atoms with E-state index in [0.29, 0.717) is 0 Å². The summed E-state index contributed by atoms with van der Waals surface area (Å²) in [6, 6.07) is 0. The standard InChI is InChI=1S/C5H5N5/c1-4-2-8-10-9-5(4)7-3-6-1/h1-3,10H,(H,6,7,9). The number of hydrazone groups is 1. The fraction of sp³-hybridized carbons (Fsp3) is 0. The maximum atomic E-state index is 3.94. The number of nitrogens with one attached hydrogen (secondary N) is 2. The Morgan fingerprint density at radius 1 is 1.40 bits per heavy atom.